The predicted molar refractivity (Wildman–Crippen MR) is 63.0 cm³/mol. The van der Waals surface area contributed by atoms with E-state index in [1.54, 1.807) is 12.1 Å². The van der Waals surface area contributed by atoms with Crippen LogP contribution in [0, 0.1) is 0 Å². The number of carboxylic acids is 1. The lowest BCUT2D eigenvalue weighted by Gasteiger charge is -2.08. The number of halogens is 2. The second-order valence-corrected chi connectivity index (χ2v) is 4.35. The van der Waals surface area contributed by atoms with Crippen molar-refractivity contribution >= 4 is 29.2 Å². The lowest BCUT2D eigenvalue weighted by Crippen LogP contribution is -2.13. The monoisotopic (exact) mass is 262 g/mol. The highest BCUT2D eigenvalue weighted by molar-refractivity contribution is 6.42. The lowest BCUT2D eigenvalue weighted by atomic mass is 10.1. The van der Waals surface area contributed by atoms with E-state index in [2.05, 4.69) is 0 Å². The number of rotatable bonds is 5. The third-order valence-electron chi connectivity index (χ3n) is 2.16. The first-order chi connectivity index (χ1) is 7.49. The number of carbonyl (C=O) groups is 1. The maximum Gasteiger partial charge on any atom is 0.305 e. The molecule has 0 amide bonds. The Hall–Kier alpha value is -0.770. The summed E-state index contributed by atoms with van der Waals surface area (Å²) in [6, 6.07) is 5.21. The van der Waals surface area contributed by atoms with Gasteiger partial charge in [-0.05, 0) is 30.5 Å². The van der Waals surface area contributed by atoms with Gasteiger partial charge in [0, 0.05) is 0 Å². The van der Waals surface area contributed by atoms with Crippen molar-refractivity contribution in [2.75, 3.05) is 0 Å². The van der Waals surface area contributed by atoms with Crippen LogP contribution in [0.2, 0.25) is 10.0 Å². The molecule has 0 spiro atoms. The van der Waals surface area contributed by atoms with Gasteiger partial charge in [-0.15, -0.1) is 0 Å². The molecule has 0 radical (unpaired) electrons. The maximum atomic E-state index is 10.3. The molecule has 0 bridgehead atoms. The Morgan fingerprint density at radius 3 is 2.56 bits per heavy atom. The number of carboxylic acid groups (broad SMARTS) is 1. The molecule has 0 saturated heterocycles. The molecular weight excluding hydrogens is 251 g/mol. The Morgan fingerprint density at radius 2 is 2.00 bits per heavy atom. The Kier molecular flexibility index (Phi) is 5.06. The third-order valence-corrected chi connectivity index (χ3v) is 2.90. The number of benzene rings is 1. The molecule has 0 aliphatic carbocycles. The summed E-state index contributed by atoms with van der Waals surface area (Å²) in [6.45, 7) is 0. The number of hydrogen-bond acceptors (Lipinski definition) is 2. The van der Waals surface area contributed by atoms with Crippen LogP contribution in [-0.2, 0) is 11.2 Å². The standard InChI is InChI=1S/C11H12Cl2O3/c12-9-4-2-7(5-10(9)13)1-3-8(14)6-11(15)16/h2,4-5,8,14H,1,3,6H2,(H,15,16). The van der Waals surface area contributed by atoms with Gasteiger partial charge in [-0.3, -0.25) is 4.79 Å². The summed E-state index contributed by atoms with van der Waals surface area (Å²) >= 11 is 11.6. The van der Waals surface area contributed by atoms with Gasteiger partial charge < -0.3 is 10.2 Å². The Morgan fingerprint density at radius 1 is 1.31 bits per heavy atom. The molecule has 0 aliphatic heterocycles. The van der Waals surface area contributed by atoms with E-state index in [4.69, 9.17) is 28.3 Å². The molecule has 2 N–H and O–H groups in total. The molecule has 3 nitrogen and oxygen atoms in total. The highest BCUT2D eigenvalue weighted by atomic mass is 35.5. The van der Waals surface area contributed by atoms with Crippen molar-refractivity contribution in [3.8, 4) is 0 Å². The molecule has 16 heavy (non-hydrogen) atoms. The first-order valence-electron chi connectivity index (χ1n) is 4.83. The lowest BCUT2D eigenvalue weighted by molar-refractivity contribution is -0.139. The van der Waals surface area contributed by atoms with Crippen LogP contribution in [0.15, 0.2) is 18.2 Å². The zero-order valence-corrected chi connectivity index (χ0v) is 10.0. The average molecular weight is 263 g/mol. The number of hydrogen-bond donors (Lipinski definition) is 2. The molecule has 0 aliphatic rings. The fourth-order valence-corrected chi connectivity index (χ4v) is 1.65. The topological polar surface area (TPSA) is 57.5 Å². The molecule has 1 unspecified atom stereocenters. The van der Waals surface area contributed by atoms with E-state index in [-0.39, 0.29) is 6.42 Å². The van der Waals surface area contributed by atoms with E-state index in [0.717, 1.165) is 5.56 Å². The van der Waals surface area contributed by atoms with Crippen LogP contribution in [0.3, 0.4) is 0 Å². The molecule has 0 aromatic heterocycles. The van der Waals surface area contributed by atoms with Crippen molar-refractivity contribution in [2.45, 2.75) is 25.4 Å². The summed E-state index contributed by atoms with van der Waals surface area (Å²) in [6.07, 6.45) is -0.0938. The molecule has 0 fully saturated rings. The maximum absolute atomic E-state index is 10.3. The second kappa shape index (κ2) is 6.09. The van der Waals surface area contributed by atoms with Crippen LogP contribution in [-0.4, -0.2) is 22.3 Å². The van der Waals surface area contributed by atoms with E-state index in [1.807, 2.05) is 6.07 Å². The van der Waals surface area contributed by atoms with Crippen molar-refractivity contribution in [3.63, 3.8) is 0 Å². The van der Waals surface area contributed by atoms with Crippen LogP contribution in [0.1, 0.15) is 18.4 Å². The van der Waals surface area contributed by atoms with Crippen LogP contribution >= 0.6 is 23.2 Å². The fraction of sp³-hybridized carbons (Fsp3) is 0.364. The van der Waals surface area contributed by atoms with E-state index < -0.39 is 12.1 Å². The SMILES string of the molecule is O=C(O)CC(O)CCc1ccc(Cl)c(Cl)c1. The summed E-state index contributed by atoms with van der Waals surface area (Å²) in [7, 11) is 0. The van der Waals surface area contributed by atoms with E-state index in [0.29, 0.717) is 22.9 Å². The van der Waals surface area contributed by atoms with E-state index >= 15 is 0 Å². The van der Waals surface area contributed by atoms with E-state index in [1.165, 1.54) is 0 Å². The van der Waals surface area contributed by atoms with E-state index in [9.17, 15) is 9.90 Å². The normalized spacial score (nSPS) is 12.4. The second-order valence-electron chi connectivity index (χ2n) is 3.54. The minimum absolute atomic E-state index is 0.235. The highest BCUT2D eigenvalue weighted by Gasteiger charge is 2.09. The molecule has 1 rings (SSSR count). The predicted octanol–water partition coefficient (Wildman–Crippen LogP) is 2.76. The quantitative estimate of drug-likeness (QED) is 0.858. The molecule has 1 atom stereocenters. The van der Waals surface area contributed by atoms with Gasteiger partial charge in [0.15, 0.2) is 0 Å². The minimum Gasteiger partial charge on any atom is -0.481 e. The Bertz CT molecular complexity index is 379. The zero-order valence-electron chi connectivity index (χ0n) is 8.49. The molecular formula is C11H12Cl2O3. The zero-order chi connectivity index (χ0) is 12.1. The van der Waals surface area contributed by atoms with Crippen molar-refractivity contribution in [3.05, 3.63) is 33.8 Å². The van der Waals surface area contributed by atoms with Crippen molar-refractivity contribution < 1.29 is 15.0 Å². The van der Waals surface area contributed by atoms with Crippen LogP contribution in [0.4, 0.5) is 0 Å². The first kappa shape index (κ1) is 13.3. The number of aryl methyl sites for hydroxylation is 1. The number of aliphatic hydroxyl groups excluding tert-OH is 1. The number of aliphatic hydroxyl groups is 1. The summed E-state index contributed by atoms with van der Waals surface area (Å²) < 4.78 is 0. The Labute approximate surface area is 104 Å². The molecule has 88 valence electrons. The molecule has 0 heterocycles. The van der Waals surface area contributed by atoms with Gasteiger partial charge in [0.2, 0.25) is 0 Å². The van der Waals surface area contributed by atoms with Gasteiger partial charge in [0.1, 0.15) is 0 Å². The summed E-state index contributed by atoms with van der Waals surface area (Å²) in [5, 5.41) is 18.8. The van der Waals surface area contributed by atoms with Gasteiger partial charge in [-0.1, -0.05) is 29.3 Å². The minimum atomic E-state index is -0.998. The summed E-state index contributed by atoms with van der Waals surface area (Å²) in [4.78, 5) is 10.3. The van der Waals surface area contributed by atoms with Gasteiger partial charge >= 0.3 is 5.97 Å². The van der Waals surface area contributed by atoms with Gasteiger partial charge in [0.25, 0.3) is 0 Å². The van der Waals surface area contributed by atoms with Crippen LogP contribution < -0.4 is 0 Å². The number of aliphatic carboxylic acids is 1. The Balaban J connectivity index is 2.48. The van der Waals surface area contributed by atoms with Crippen molar-refractivity contribution in [2.24, 2.45) is 0 Å². The third kappa shape index (κ3) is 4.39. The summed E-state index contributed by atoms with van der Waals surface area (Å²) in [5.74, 6) is -0.998. The molecule has 0 saturated carbocycles. The average Bonchev–Trinajstić information content (AvgIpc) is 2.19. The van der Waals surface area contributed by atoms with Gasteiger partial charge in [-0.25, -0.2) is 0 Å². The molecule has 1 aromatic carbocycles. The molecule has 5 heteroatoms. The fourth-order valence-electron chi connectivity index (χ4n) is 1.33. The van der Waals surface area contributed by atoms with Gasteiger partial charge in [0.05, 0.1) is 22.6 Å². The van der Waals surface area contributed by atoms with Gasteiger partial charge in [-0.2, -0.15) is 0 Å². The van der Waals surface area contributed by atoms with Crippen LogP contribution in [0.5, 0.6) is 0 Å². The van der Waals surface area contributed by atoms with Crippen LogP contribution in [0.25, 0.3) is 0 Å². The smallest absolute Gasteiger partial charge is 0.305 e. The molecule has 1 aromatic rings. The highest BCUT2D eigenvalue weighted by Crippen LogP contribution is 2.23. The largest absolute Gasteiger partial charge is 0.481 e. The van der Waals surface area contributed by atoms with Crippen molar-refractivity contribution in [1.82, 2.24) is 0 Å². The summed E-state index contributed by atoms with van der Waals surface area (Å²) in [5.41, 5.74) is 0.929. The van der Waals surface area contributed by atoms with Crippen molar-refractivity contribution in [1.29, 1.82) is 0 Å². The first-order valence-corrected chi connectivity index (χ1v) is 5.58.